The Bertz CT molecular complexity index is 1710. The molecule has 0 fully saturated rings. The lowest BCUT2D eigenvalue weighted by Gasteiger charge is -2.22. The summed E-state index contributed by atoms with van der Waals surface area (Å²) in [7, 11) is 0. The predicted octanol–water partition coefficient (Wildman–Crippen LogP) is 9.70. The minimum absolute atomic E-state index is 0.293. The highest BCUT2D eigenvalue weighted by atomic mass is 14.4. The lowest BCUT2D eigenvalue weighted by atomic mass is 9.81. The molecule has 0 saturated carbocycles. The summed E-state index contributed by atoms with van der Waals surface area (Å²) < 4.78 is 0. The van der Waals surface area contributed by atoms with Gasteiger partial charge in [0.25, 0.3) is 0 Å². The molecule has 2 aliphatic rings. The lowest BCUT2D eigenvalue weighted by Crippen LogP contribution is -2.03. The van der Waals surface area contributed by atoms with Crippen LogP contribution >= 0.6 is 0 Å². The van der Waals surface area contributed by atoms with Crippen LogP contribution in [-0.4, -0.2) is 0 Å². The first kappa shape index (κ1) is 21.1. The fraction of sp³-hybridized carbons (Fsp3) is 0.111. The summed E-state index contributed by atoms with van der Waals surface area (Å²) in [6.07, 6.45) is 3.48. The van der Waals surface area contributed by atoms with Gasteiger partial charge in [0.15, 0.2) is 0 Å². The van der Waals surface area contributed by atoms with Gasteiger partial charge in [0.2, 0.25) is 0 Å². The van der Waals surface area contributed by atoms with Gasteiger partial charge in [-0.3, -0.25) is 0 Å². The molecule has 0 heterocycles. The fourth-order valence-electron chi connectivity index (χ4n) is 6.54. The second kappa shape index (κ2) is 8.21. The molecular formula is C36H28. The molecule has 0 spiro atoms. The summed E-state index contributed by atoms with van der Waals surface area (Å²) in [5, 5.41) is 2.61. The first-order chi connectivity index (χ1) is 17.7. The highest BCUT2D eigenvalue weighted by Gasteiger charge is 2.34. The Morgan fingerprint density at radius 1 is 0.611 bits per heavy atom. The topological polar surface area (TPSA) is 0 Å². The third-order valence-electron chi connectivity index (χ3n) is 8.07. The maximum absolute atomic E-state index is 2.44. The van der Waals surface area contributed by atoms with Gasteiger partial charge in [0.1, 0.15) is 0 Å². The SMILES string of the molecule is CC1=Cc2c(-c3cccc4ccccc34)cccc2C1C1=C(C)Cc2cccc(-c3ccccc3)c21. The largest absolute Gasteiger partial charge is 0.0641 e. The van der Waals surface area contributed by atoms with E-state index in [1.807, 2.05) is 0 Å². The van der Waals surface area contributed by atoms with E-state index in [9.17, 15) is 0 Å². The summed E-state index contributed by atoms with van der Waals surface area (Å²) >= 11 is 0. The van der Waals surface area contributed by atoms with Crippen LogP contribution in [0.25, 0.3) is 44.7 Å². The average molecular weight is 461 g/mol. The first-order valence-electron chi connectivity index (χ1n) is 12.9. The fourth-order valence-corrected chi connectivity index (χ4v) is 6.54. The van der Waals surface area contributed by atoms with Gasteiger partial charge in [0.05, 0.1) is 0 Å². The molecule has 7 rings (SSSR count). The molecule has 0 amide bonds. The number of rotatable bonds is 3. The number of hydrogen-bond acceptors (Lipinski definition) is 0. The maximum atomic E-state index is 2.44. The van der Waals surface area contributed by atoms with Gasteiger partial charge in [-0.1, -0.05) is 126 Å². The lowest BCUT2D eigenvalue weighted by molar-refractivity contribution is 1.04. The molecule has 36 heavy (non-hydrogen) atoms. The maximum Gasteiger partial charge on any atom is 0.0311 e. The van der Waals surface area contributed by atoms with Crippen molar-refractivity contribution in [2.24, 2.45) is 0 Å². The zero-order valence-corrected chi connectivity index (χ0v) is 20.8. The van der Waals surface area contributed by atoms with Gasteiger partial charge in [-0.25, -0.2) is 0 Å². The van der Waals surface area contributed by atoms with Crippen LogP contribution in [0.3, 0.4) is 0 Å². The number of allylic oxidation sites excluding steroid dienone is 3. The Labute approximate surface area is 213 Å². The van der Waals surface area contributed by atoms with Gasteiger partial charge in [-0.05, 0) is 81.1 Å². The zero-order valence-electron chi connectivity index (χ0n) is 20.8. The minimum atomic E-state index is 0.293. The van der Waals surface area contributed by atoms with Gasteiger partial charge in [-0.2, -0.15) is 0 Å². The van der Waals surface area contributed by atoms with Gasteiger partial charge in [-0.15, -0.1) is 0 Å². The molecule has 0 heteroatoms. The van der Waals surface area contributed by atoms with E-state index in [1.54, 1.807) is 0 Å². The highest BCUT2D eigenvalue weighted by Crippen LogP contribution is 2.53. The number of benzene rings is 5. The van der Waals surface area contributed by atoms with E-state index in [0.29, 0.717) is 5.92 Å². The van der Waals surface area contributed by atoms with E-state index in [0.717, 1.165) is 6.42 Å². The van der Waals surface area contributed by atoms with E-state index in [-0.39, 0.29) is 0 Å². The quantitative estimate of drug-likeness (QED) is 0.251. The molecule has 0 bridgehead atoms. The average Bonchev–Trinajstić information content (AvgIpc) is 3.43. The van der Waals surface area contributed by atoms with Crippen LogP contribution in [0.2, 0.25) is 0 Å². The number of hydrogen-bond donors (Lipinski definition) is 0. The molecule has 0 radical (unpaired) electrons. The second-order valence-corrected chi connectivity index (χ2v) is 10.2. The summed E-state index contributed by atoms with van der Waals surface area (Å²) in [6, 6.07) is 40.0. The Kier molecular flexibility index (Phi) is 4.82. The molecule has 5 aromatic rings. The van der Waals surface area contributed by atoms with Crippen molar-refractivity contribution in [3.05, 3.63) is 143 Å². The number of fused-ring (bicyclic) bond motifs is 3. The van der Waals surface area contributed by atoms with Crippen molar-refractivity contribution in [2.45, 2.75) is 26.2 Å². The Balaban J connectivity index is 1.42. The molecule has 2 aliphatic carbocycles. The van der Waals surface area contributed by atoms with E-state index in [1.165, 1.54) is 72.0 Å². The molecule has 5 aromatic carbocycles. The van der Waals surface area contributed by atoms with E-state index >= 15 is 0 Å². The molecule has 0 aliphatic heterocycles. The molecule has 172 valence electrons. The van der Waals surface area contributed by atoms with Gasteiger partial charge >= 0.3 is 0 Å². The first-order valence-corrected chi connectivity index (χ1v) is 12.9. The molecule has 1 unspecified atom stereocenters. The minimum Gasteiger partial charge on any atom is -0.0641 e. The molecule has 0 nitrogen and oxygen atoms in total. The van der Waals surface area contributed by atoms with Crippen molar-refractivity contribution in [2.75, 3.05) is 0 Å². The molecule has 0 N–H and O–H groups in total. The van der Waals surface area contributed by atoms with Crippen LogP contribution in [0.15, 0.2) is 120 Å². The molecule has 0 saturated heterocycles. The van der Waals surface area contributed by atoms with Crippen LogP contribution < -0.4 is 0 Å². The van der Waals surface area contributed by atoms with E-state index in [2.05, 4.69) is 129 Å². The molecule has 0 aromatic heterocycles. The Hall–Kier alpha value is -4.16. The van der Waals surface area contributed by atoms with E-state index < -0.39 is 0 Å². The monoisotopic (exact) mass is 460 g/mol. The molecular weight excluding hydrogens is 432 g/mol. The van der Waals surface area contributed by atoms with Gasteiger partial charge in [0, 0.05) is 5.92 Å². The van der Waals surface area contributed by atoms with Gasteiger partial charge < -0.3 is 0 Å². The van der Waals surface area contributed by atoms with Crippen LogP contribution in [0.4, 0.5) is 0 Å². The van der Waals surface area contributed by atoms with Crippen molar-refractivity contribution in [1.29, 1.82) is 0 Å². The standard InChI is InChI=1S/C36H28/c1-23-21-27-15-9-17-29(26-11-4-3-5-12-26)36(27)35(23)34-24(2)22-33-31(19-10-20-32(33)34)30-18-8-14-25-13-6-7-16-28(25)30/h3-20,22,34H,21H2,1-2H3. The van der Waals surface area contributed by atoms with E-state index in [4.69, 9.17) is 0 Å². The normalized spacial score (nSPS) is 16.3. The van der Waals surface area contributed by atoms with Crippen molar-refractivity contribution in [3.63, 3.8) is 0 Å². The molecule has 1 atom stereocenters. The van der Waals surface area contributed by atoms with Crippen molar-refractivity contribution >= 4 is 22.4 Å². The summed E-state index contributed by atoms with van der Waals surface area (Å²) in [5.41, 5.74) is 15.4. The third-order valence-corrected chi connectivity index (χ3v) is 8.07. The highest BCUT2D eigenvalue weighted by molar-refractivity contribution is 6.01. The van der Waals surface area contributed by atoms with Crippen molar-refractivity contribution < 1.29 is 0 Å². The summed E-state index contributed by atoms with van der Waals surface area (Å²) in [5.74, 6) is 0.293. The Morgan fingerprint density at radius 3 is 2.19 bits per heavy atom. The van der Waals surface area contributed by atoms with Crippen LogP contribution in [0.5, 0.6) is 0 Å². The summed E-state index contributed by atoms with van der Waals surface area (Å²) in [6.45, 7) is 4.66. The zero-order chi connectivity index (χ0) is 24.2. The van der Waals surface area contributed by atoms with Crippen LogP contribution in [0.1, 0.15) is 42.0 Å². The summed E-state index contributed by atoms with van der Waals surface area (Å²) in [4.78, 5) is 0. The van der Waals surface area contributed by atoms with Crippen LogP contribution in [0, 0.1) is 0 Å². The third kappa shape index (κ3) is 3.14. The predicted molar refractivity (Wildman–Crippen MR) is 154 cm³/mol. The van der Waals surface area contributed by atoms with Crippen molar-refractivity contribution in [1.82, 2.24) is 0 Å². The second-order valence-electron chi connectivity index (χ2n) is 10.2. The smallest absolute Gasteiger partial charge is 0.0311 e. The van der Waals surface area contributed by atoms with Crippen molar-refractivity contribution in [3.8, 4) is 22.3 Å². The Morgan fingerprint density at radius 2 is 1.31 bits per heavy atom. The van der Waals surface area contributed by atoms with Crippen LogP contribution in [-0.2, 0) is 6.42 Å².